The summed E-state index contributed by atoms with van der Waals surface area (Å²) >= 11 is 0. The average Bonchev–Trinajstić information content (AvgIpc) is 1.93. The van der Waals surface area contributed by atoms with Crippen molar-refractivity contribution in [1.29, 1.82) is 0 Å². The summed E-state index contributed by atoms with van der Waals surface area (Å²) in [4.78, 5) is 0. The van der Waals surface area contributed by atoms with E-state index in [9.17, 15) is 10.2 Å². The van der Waals surface area contributed by atoms with Gasteiger partial charge in [-0.2, -0.15) is 0 Å². The maximum atomic E-state index is 10.0. The molecule has 0 radical (unpaired) electrons. The molecule has 2 N–H and O–H groups in total. The molecule has 0 unspecified atom stereocenters. The average molecular weight is 170 g/mol. The number of hydrogen-bond donors (Lipinski definition) is 2. The molecule has 0 aromatic carbocycles. The van der Waals surface area contributed by atoms with E-state index >= 15 is 0 Å². The zero-order chi connectivity index (χ0) is 9.15. The summed E-state index contributed by atoms with van der Waals surface area (Å²) in [5.41, 5.74) is -0.610. The van der Waals surface area contributed by atoms with Crippen molar-refractivity contribution in [2.45, 2.75) is 45.3 Å². The van der Waals surface area contributed by atoms with Gasteiger partial charge in [-0.15, -0.1) is 0 Å². The highest BCUT2D eigenvalue weighted by atomic mass is 16.3. The molecular formula is C10H18O2. The van der Waals surface area contributed by atoms with Crippen LogP contribution >= 0.6 is 0 Å². The Morgan fingerprint density at radius 1 is 1.17 bits per heavy atom. The molecule has 12 heavy (non-hydrogen) atoms. The highest BCUT2D eigenvalue weighted by Crippen LogP contribution is 2.62. The van der Waals surface area contributed by atoms with Gasteiger partial charge in [0.1, 0.15) is 0 Å². The molecule has 70 valence electrons. The second-order valence-electron chi connectivity index (χ2n) is 5.28. The van der Waals surface area contributed by atoms with Crippen LogP contribution < -0.4 is 0 Å². The molecule has 3 aliphatic carbocycles. The zero-order valence-electron chi connectivity index (χ0n) is 8.04. The van der Waals surface area contributed by atoms with Gasteiger partial charge in [-0.05, 0) is 37.0 Å². The molecule has 3 rings (SSSR count). The molecule has 4 atom stereocenters. The molecule has 0 amide bonds. The lowest BCUT2D eigenvalue weighted by Crippen LogP contribution is -2.66. The van der Waals surface area contributed by atoms with Crippen molar-refractivity contribution in [2.75, 3.05) is 0 Å². The second kappa shape index (κ2) is 2.05. The Hall–Kier alpha value is -0.0800. The Morgan fingerprint density at radius 3 is 2.08 bits per heavy atom. The quantitative estimate of drug-likeness (QED) is 0.573. The van der Waals surface area contributed by atoms with Crippen LogP contribution in [-0.2, 0) is 0 Å². The minimum Gasteiger partial charge on any atom is -0.390 e. The molecule has 2 heteroatoms. The third-order valence-corrected chi connectivity index (χ3v) is 4.36. The lowest BCUT2D eigenvalue weighted by atomic mass is 9.43. The third-order valence-electron chi connectivity index (χ3n) is 4.36. The third kappa shape index (κ3) is 0.775. The maximum Gasteiger partial charge on any atom is 0.0910 e. The predicted octanol–water partition coefficient (Wildman–Crippen LogP) is 1.16. The van der Waals surface area contributed by atoms with Crippen molar-refractivity contribution < 1.29 is 10.2 Å². The van der Waals surface area contributed by atoms with Crippen LogP contribution in [0.3, 0.4) is 0 Å². The van der Waals surface area contributed by atoms with Crippen molar-refractivity contribution >= 4 is 0 Å². The molecule has 3 aliphatic rings. The molecule has 0 saturated heterocycles. The van der Waals surface area contributed by atoms with E-state index in [1.165, 1.54) is 0 Å². The highest BCUT2D eigenvalue weighted by molar-refractivity contribution is 5.12. The van der Waals surface area contributed by atoms with Gasteiger partial charge in [0, 0.05) is 0 Å². The topological polar surface area (TPSA) is 40.5 Å². The molecule has 0 aromatic heterocycles. The molecule has 0 heterocycles. The molecule has 0 spiro atoms. The van der Waals surface area contributed by atoms with Crippen LogP contribution in [0.2, 0.25) is 0 Å². The van der Waals surface area contributed by atoms with Gasteiger partial charge in [0.2, 0.25) is 0 Å². The number of rotatable bonds is 0. The summed E-state index contributed by atoms with van der Waals surface area (Å²) in [5, 5.41) is 19.7. The van der Waals surface area contributed by atoms with Gasteiger partial charge in [-0.1, -0.05) is 13.8 Å². The standard InChI is InChI=1S/C10H18O2/c1-9(2)6-4-7(9)10(3,12)8(11)5-6/h6-8,11-12H,4-5H2,1-3H3/t6-,7-,8+,10-/m1/s1. The summed E-state index contributed by atoms with van der Waals surface area (Å²) in [5.74, 6) is 0.913. The second-order valence-corrected chi connectivity index (χ2v) is 5.28. The Labute approximate surface area is 73.6 Å². The minimum atomic E-state index is -0.849. The van der Waals surface area contributed by atoms with Crippen LogP contribution in [0.4, 0.5) is 0 Å². The first-order valence-electron chi connectivity index (χ1n) is 4.77. The summed E-state index contributed by atoms with van der Waals surface area (Å²) < 4.78 is 0. The van der Waals surface area contributed by atoms with E-state index in [4.69, 9.17) is 0 Å². The van der Waals surface area contributed by atoms with E-state index < -0.39 is 11.7 Å². The van der Waals surface area contributed by atoms with Crippen molar-refractivity contribution in [3.05, 3.63) is 0 Å². The predicted molar refractivity (Wildman–Crippen MR) is 46.6 cm³/mol. The van der Waals surface area contributed by atoms with Crippen LogP contribution in [0.15, 0.2) is 0 Å². The van der Waals surface area contributed by atoms with Gasteiger partial charge >= 0.3 is 0 Å². The fourth-order valence-corrected chi connectivity index (χ4v) is 3.15. The van der Waals surface area contributed by atoms with Crippen LogP contribution in [0.25, 0.3) is 0 Å². The smallest absolute Gasteiger partial charge is 0.0910 e. The molecule has 0 aromatic rings. The maximum absolute atomic E-state index is 10.0. The van der Waals surface area contributed by atoms with Crippen LogP contribution in [-0.4, -0.2) is 21.9 Å². The Balaban J connectivity index is 2.27. The van der Waals surface area contributed by atoms with Gasteiger partial charge in [0.05, 0.1) is 11.7 Å². The van der Waals surface area contributed by atoms with Gasteiger partial charge in [0.15, 0.2) is 0 Å². The zero-order valence-corrected chi connectivity index (χ0v) is 8.04. The Kier molecular flexibility index (Phi) is 1.45. The summed E-state index contributed by atoms with van der Waals surface area (Å²) in [6.45, 7) is 6.18. The molecule has 2 nitrogen and oxygen atoms in total. The van der Waals surface area contributed by atoms with E-state index in [1.807, 2.05) is 0 Å². The van der Waals surface area contributed by atoms with Gasteiger partial charge in [0.25, 0.3) is 0 Å². The monoisotopic (exact) mass is 170 g/mol. The fourth-order valence-electron chi connectivity index (χ4n) is 3.15. The van der Waals surface area contributed by atoms with E-state index in [0.29, 0.717) is 11.8 Å². The first-order chi connectivity index (χ1) is 5.37. The van der Waals surface area contributed by atoms with Crippen LogP contribution in [0.1, 0.15) is 33.6 Å². The van der Waals surface area contributed by atoms with Crippen molar-refractivity contribution in [3.8, 4) is 0 Å². The van der Waals surface area contributed by atoms with Crippen molar-refractivity contribution in [2.24, 2.45) is 17.3 Å². The fraction of sp³-hybridized carbons (Fsp3) is 1.00. The van der Waals surface area contributed by atoms with E-state index in [2.05, 4.69) is 13.8 Å². The molecule has 2 bridgehead atoms. The van der Waals surface area contributed by atoms with Gasteiger partial charge in [-0.3, -0.25) is 0 Å². The summed E-state index contributed by atoms with van der Waals surface area (Å²) in [6.07, 6.45) is 1.36. The highest BCUT2D eigenvalue weighted by Gasteiger charge is 2.62. The molecule has 3 saturated carbocycles. The molecule has 3 fully saturated rings. The SMILES string of the molecule is CC1(C)[C@@H]2C[C@H]1[C@@](C)(O)[C@@H](O)C2. The van der Waals surface area contributed by atoms with E-state index in [1.54, 1.807) is 6.92 Å². The normalized spacial score (nSPS) is 56.2. The number of aliphatic hydroxyl groups is 2. The lowest BCUT2D eigenvalue weighted by molar-refractivity contribution is -0.245. The number of aliphatic hydroxyl groups excluding tert-OH is 1. The number of hydrogen-bond acceptors (Lipinski definition) is 2. The Bertz CT molecular complexity index is 208. The van der Waals surface area contributed by atoms with Crippen molar-refractivity contribution in [3.63, 3.8) is 0 Å². The van der Waals surface area contributed by atoms with E-state index in [0.717, 1.165) is 12.8 Å². The lowest BCUT2D eigenvalue weighted by Gasteiger charge is -2.64. The Morgan fingerprint density at radius 2 is 1.75 bits per heavy atom. The largest absolute Gasteiger partial charge is 0.390 e. The summed E-state index contributed by atoms with van der Waals surface area (Å²) in [7, 11) is 0. The first-order valence-corrected chi connectivity index (χ1v) is 4.77. The van der Waals surface area contributed by atoms with Gasteiger partial charge < -0.3 is 10.2 Å². The van der Waals surface area contributed by atoms with E-state index in [-0.39, 0.29) is 5.41 Å². The number of fused-ring (bicyclic) bond motifs is 2. The van der Waals surface area contributed by atoms with Crippen LogP contribution in [0.5, 0.6) is 0 Å². The molecular weight excluding hydrogens is 152 g/mol. The first kappa shape index (κ1) is 8.52. The summed E-state index contributed by atoms with van der Waals surface area (Å²) in [6, 6.07) is 0. The van der Waals surface area contributed by atoms with Crippen LogP contribution in [0, 0.1) is 17.3 Å². The van der Waals surface area contributed by atoms with Gasteiger partial charge in [-0.25, -0.2) is 0 Å². The van der Waals surface area contributed by atoms with Crippen molar-refractivity contribution in [1.82, 2.24) is 0 Å². The minimum absolute atomic E-state index is 0.239. The molecule has 0 aliphatic heterocycles.